The summed E-state index contributed by atoms with van der Waals surface area (Å²) in [6.45, 7) is 19.8. The van der Waals surface area contributed by atoms with Gasteiger partial charge in [0.25, 0.3) is 0 Å². The monoisotopic (exact) mass is 350 g/mol. The van der Waals surface area contributed by atoms with Gasteiger partial charge in [0.2, 0.25) is 0 Å². The van der Waals surface area contributed by atoms with Gasteiger partial charge in [0.1, 0.15) is 5.00 Å². The molecule has 0 N–H and O–H groups in total. The van der Waals surface area contributed by atoms with Gasteiger partial charge in [-0.15, -0.1) is 6.58 Å². The highest BCUT2D eigenvalue weighted by atomic mass is 32.1. The maximum Gasteiger partial charge on any atom is 0.327 e. The van der Waals surface area contributed by atoms with Gasteiger partial charge >= 0.3 is 6.03 Å². The molecule has 0 aromatic carbocycles. The van der Waals surface area contributed by atoms with Crippen molar-refractivity contribution in [3.63, 3.8) is 0 Å². The minimum absolute atomic E-state index is 0.0491. The molecule has 1 aliphatic rings. The lowest BCUT2D eigenvalue weighted by molar-refractivity contribution is 0.0268. The third-order valence-corrected chi connectivity index (χ3v) is 5.80. The van der Waals surface area contributed by atoms with Crippen LogP contribution in [0.5, 0.6) is 0 Å². The molecule has 0 aliphatic carbocycles. The molecular formula is C18H30N4OS. The van der Waals surface area contributed by atoms with E-state index < -0.39 is 0 Å². The first-order chi connectivity index (χ1) is 11.0. The number of carbonyl (C=O) groups excluding carboxylic acids is 1. The van der Waals surface area contributed by atoms with E-state index in [4.69, 9.17) is 0 Å². The molecule has 0 atom stereocenters. The smallest absolute Gasteiger partial charge is 0.306 e. The highest BCUT2D eigenvalue weighted by molar-refractivity contribution is 7.10. The molecule has 1 fully saturated rings. The molecule has 0 spiro atoms. The molecule has 24 heavy (non-hydrogen) atoms. The Bertz CT molecular complexity index is 629. The Hall–Kier alpha value is -1.40. The lowest BCUT2D eigenvalue weighted by Crippen LogP contribution is -2.66. The summed E-state index contributed by atoms with van der Waals surface area (Å²) in [5.74, 6) is 0. The fourth-order valence-electron chi connectivity index (χ4n) is 2.74. The topological polar surface area (TPSA) is 39.7 Å². The highest BCUT2D eigenvalue weighted by Crippen LogP contribution is 2.34. The highest BCUT2D eigenvalue weighted by Gasteiger charge is 2.41. The number of urea groups is 1. The SMILES string of the molecule is C=CC(C)(C)N1CN(c2snc(CC)c2C)C(=O)N(C(C)(C)C)C1. The number of amides is 2. The Labute approximate surface area is 150 Å². The second-order valence-electron chi connectivity index (χ2n) is 7.90. The first-order valence-corrected chi connectivity index (χ1v) is 9.23. The molecule has 0 unspecified atom stereocenters. The maximum atomic E-state index is 13.2. The van der Waals surface area contributed by atoms with Gasteiger partial charge in [-0.3, -0.25) is 9.80 Å². The second-order valence-corrected chi connectivity index (χ2v) is 8.65. The Balaban J connectivity index is 2.46. The normalized spacial score (nSPS) is 17.5. The molecule has 1 aromatic rings. The van der Waals surface area contributed by atoms with E-state index in [-0.39, 0.29) is 17.1 Å². The summed E-state index contributed by atoms with van der Waals surface area (Å²) in [6, 6.07) is 0.0491. The van der Waals surface area contributed by atoms with Crippen molar-refractivity contribution < 1.29 is 4.79 Å². The first-order valence-electron chi connectivity index (χ1n) is 8.45. The maximum absolute atomic E-state index is 13.2. The van der Waals surface area contributed by atoms with Crippen LogP contribution in [-0.2, 0) is 6.42 Å². The first kappa shape index (κ1) is 18.9. The quantitative estimate of drug-likeness (QED) is 0.763. The van der Waals surface area contributed by atoms with Crippen LogP contribution < -0.4 is 4.90 Å². The summed E-state index contributed by atoms with van der Waals surface area (Å²) >= 11 is 1.42. The van der Waals surface area contributed by atoms with E-state index in [2.05, 4.69) is 64.3 Å². The minimum atomic E-state index is -0.253. The van der Waals surface area contributed by atoms with Crippen molar-refractivity contribution >= 4 is 22.6 Å². The molecule has 2 heterocycles. The van der Waals surface area contributed by atoms with Crippen LogP contribution in [0.25, 0.3) is 0 Å². The molecule has 1 aromatic heterocycles. The fourth-order valence-corrected chi connectivity index (χ4v) is 3.69. The summed E-state index contributed by atoms with van der Waals surface area (Å²) < 4.78 is 4.53. The molecule has 6 heteroatoms. The van der Waals surface area contributed by atoms with Crippen LogP contribution in [0.1, 0.15) is 52.8 Å². The fraction of sp³-hybridized carbons (Fsp3) is 0.667. The zero-order valence-electron chi connectivity index (χ0n) is 16.0. The molecule has 0 radical (unpaired) electrons. The largest absolute Gasteiger partial charge is 0.327 e. The number of nitrogens with zero attached hydrogens (tertiary/aromatic N) is 4. The lowest BCUT2D eigenvalue weighted by Gasteiger charge is -2.51. The van der Waals surface area contributed by atoms with Crippen molar-refractivity contribution in [3.8, 4) is 0 Å². The van der Waals surface area contributed by atoms with E-state index in [9.17, 15) is 4.79 Å². The molecule has 0 bridgehead atoms. The molecule has 1 saturated heterocycles. The van der Waals surface area contributed by atoms with Gasteiger partial charge in [-0.25, -0.2) is 4.79 Å². The van der Waals surface area contributed by atoms with Gasteiger partial charge in [-0.05, 0) is 59.5 Å². The van der Waals surface area contributed by atoms with E-state index in [1.54, 1.807) is 0 Å². The van der Waals surface area contributed by atoms with Crippen LogP contribution in [0.2, 0.25) is 0 Å². The summed E-state index contributed by atoms with van der Waals surface area (Å²) in [6.07, 6.45) is 2.83. The lowest BCUT2D eigenvalue weighted by atomic mass is 10.0. The third-order valence-electron chi connectivity index (χ3n) is 4.79. The van der Waals surface area contributed by atoms with Crippen molar-refractivity contribution in [2.45, 2.75) is 66.0 Å². The zero-order valence-corrected chi connectivity index (χ0v) is 16.8. The number of anilines is 1. The van der Waals surface area contributed by atoms with Gasteiger partial charge in [0.05, 0.1) is 19.0 Å². The number of carbonyl (C=O) groups is 1. The van der Waals surface area contributed by atoms with Crippen molar-refractivity contribution in [2.75, 3.05) is 18.2 Å². The summed E-state index contributed by atoms with van der Waals surface area (Å²) in [7, 11) is 0. The number of aromatic nitrogens is 1. The Morgan fingerprint density at radius 1 is 1.25 bits per heavy atom. The van der Waals surface area contributed by atoms with E-state index in [0.717, 1.165) is 22.7 Å². The Kier molecular flexibility index (Phi) is 5.11. The number of hydrogen-bond acceptors (Lipinski definition) is 4. The van der Waals surface area contributed by atoms with Gasteiger partial charge in [-0.2, -0.15) is 4.37 Å². The summed E-state index contributed by atoms with van der Waals surface area (Å²) in [5.41, 5.74) is 1.74. The van der Waals surface area contributed by atoms with Crippen molar-refractivity contribution in [1.82, 2.24) is 14.2 Å². The van der Waals surface area contributed by atoms with E-state index in [1.807, 2.05) is 15.9 Å². The van der Waals surface area contributed by atoms with Crippen molar-refractivity contribution in [3.05, 3.63) is 23.9 Å². The predicted octanol–water partition coefficient (Wildman–Crippen LogP) is 4.24. The van der Waals surface area contributed by atoms with Crippen LogP contribution in [0.3, 0.4) is 0 Å². The van der Waals surface area contributed by atoms with Crippen LogP contribution in [0.4, 0.5) is 9.80 Å². The van der Waals surface area contributed by atoms with E-state index in [1.165, 1.54) is 11.5 Å². The molecule has 0 saturated carbocycles. The second kappa shape index (κ2) is 6.48. The van der Waals surface area contributed by atoms with E-state index >= 15 is 0 Å². The number of rotatable bonds is 4. The van der Waals surface area contributed by atoms with Crippen LogP contribution in [0, 0.1) is 6.92 Å². The minimum Gasteiger partial charge on any atom is -0.306 e. The molecule has 2 amide bonds. The number of hydrogen-bond donors (Lipinski definition) is 0. The Morgan fingerprint density at radius 2 is 1.88 bits per heavy atom. The molecule has 134 valence electrons. The van der Waals surface area contributed by atoms with Gasteiger partial charge in [0, 0.05) is 16.6 Å². The zero-order chi connectivity index (χ0) is 18.3. The molecular weight excluding hydrogens is 320 g/mol. The van der Waals surface area contributed by atoms with Gasteiger partial charge in [-0.1, -0.05) is 13.0 Å². The Morgan fingerprint density at radius 3 is 2.33 bits per heavy atom. The van der Waals surface area contributed by atoms with Crippen LogP contribution in [0.15, 0.2) is 12.7 Å². The van der Waals surface area contributed by atoms with Crippen LogP contribution in [-0.4, -0.2) is 44.6 Å². The van der Waals surface area contributed by atoms with E-state index in [0.29, 0.717) is 13.3 Å². The van der Waals surface area contributed by atoms with Gasteiger partial charge < -0.3 is 4.90 Å². The van der Waals surface area contributed by atoms with Crippen molar-refractivity contribution in [1.29, 1.82) is 0 Å². The summed E-state index contributed by atoms with van der Waals surface area (Å²) in [4.78, 5) is 19.2. The summed E-state index contributed by atoms with van der Waals surface area (Å²) in [5, 5.41) is 0.954. The van der Waals surface area contributed by atoms with Gasteiger partial charge in [0.15, 0.2) is 0 Å². The van der Waals surface area contributed by atoms with Crippen LogP contribution >= 0.6 is 11.5 Å². The molecule has 5 nitrogen and oxygen atoms in total. The average molecular weight is 351 g/mol. The third kappa shape index (κ3) is 3.35. The molecule has 1 aliphatic heterocycles. The average Bonchev–Trinajstić information content (AvgIpc) is 2.86. The van der Waals surface area contributed by atoms with Crippen molar-refractivity contribution in [2.24, 2.45) is 0 Å². The standard InChI is InChI=1S/C18H30N4OS/c1-9-14-13(3)15(24-19-14)21-11-20(18(7,8)10-2)12-22(16(21)23)17(4,5)6/h10H,2,9,11-12H2,1,3-8H3. The molecule has 2 rings (SSSR count). The predicted molar refractivity (Wildman–Crippen MR) is 102 cm³/mol. The number of aryl methyl sites for hydroxylation is 1.